The van der Waals surface area contributed by atoms with Crippen molar-refractivity contribution in [3.63, 3.8) is 0 Å². The Balaban J connectivity index is 0. The van der Waals surface area contributed by atoms with Crippen LogP contribution in [-0.2, 0) is 0 Å². The predicted octanol–water partition coefficient (Wildman–Crippen LogP) is 5.39. The van der Waals surface area contributed by atoms with Crippen LogP contribution in [0.4, 0.5) is 0 Å². The van der Waals surface area contributed by atoms with Gasteiger partial charge >= 0.3 is 37.7 Å². The molecule has 0 spiro atoms. The number of rotatable bonds is 13. The molecule has 0 aliphatic rings. The number of hydrogen-bond acceptors (Lipinski definition) is 0. The minimum absolute atomic E-state index is 0. The van der Waals surface area contributed by atoms with Gasteiger partial charge in [0.1, 0.15) is 0 Å². The number of hydrogen-bond donors (Lipinski definition) is 0. The Hall–Kier alpha value is 1.26. The second-order valence-electron chi connectivity index (χ2n) is 5.10. The second kappa shape index (κ2) is 19.6. The van der Waals surface area contributed by atoms with Crippen molar-refractivity contribution in [1.82, 2.24) is 0 Å². The van der Waals surface area contributed by atoms with Crippen molar-refractivity contribution in [3.8, 4) is 0 Å². The van der Waals surface area contributed by atoms with Gasteiger partial charge in [0.15, 0.2) is 0 Å². The molecule has 0 saturated heterocycles. The van der Waals surface area contributed by atoms with Gasteiger partial charge in [-0.1, -0.05) is 104 Å². The molecule has 0 rings (SSSR count). The molecule has 0 aromatic heterocycles. The van der Waals surface area contributed by atoms with E-state index in [2.05, 4.69) is 13.8 Å². The van der Waals surface area contributed by atoms with Gasteiger partial charge in [0.2, 0.25) is 0 Å². The molecular formula is C16H35Ca. The van der Waals surface area contributed by atoms with Crippen LogP contribution in [0.2, 0.25) is 0 Å². The van der Waals surface area contributed by atoms with Gasteiger partial charge in [-0.3, -0.25) is 0 Å². The summed E-state index contributed by atoms with van der Waals surface area (Å²) in [4.78, 5) is 0. The summed E-state index contributed by atoms with van der Waals surface area (Å²) in [6.07, 6.45) is 19.8. The van der Waals surface area contributed by atoms with Crippen LogP contribution in [0.5, 0.6) is 0 Å². The third kappa shape index (κ3) is 19.8. The van der Waals surface area contributed by atoms with Crippen molar-refractivity contribution in [2.24, 2.45) is 0 Å². The molecule has 1 heteroatoms. The zero-order valence-corrected chi connectivity index (χ0v) is 11.6. The quantitative estimate of drug-likeness (QED) is 0.310. The maximum absolute atomic E-state index is 3.87. The Kier molecular flexibility index (Phi) is 23.7. The maximum atomic E-state index is 3.87. The molecule has 0 heterocycles. The molecular weight excluding hydrogens is 232 g/mol. The van der Waals surface area contributed by atoms with E-state index >= 15 is 0 Å². The first-order valence-corrected chi connectivity index (χ1v) is 7.71. The first-order valence-electron chi connectivity index (χ1n) is 7.71. The summed E-state index contributed by atoms with van der Waals surface area (Å²) in [5, 5.41) is 0. The van der Waals surface area contributed by atoms with E-state index in [0.717, 1.165) is 6.42 Å². The van der Waals surface area contributed by atoms with Gasteiger partial charge in [-0.2, -0.15) is 0 Å². The zero-order chi connectivity index (χ0) is 11.9. The van der Waals surface area contributed by atoms with Crippen LogP contribution >= 0.6 is 0 Å². The Morgan fingerprint density at radius 1 is 0.529 bits per heavy atom. The fourth-order valence-electron chi connectivity index (χ4n) is 2.19. The normalized spacial score (nSPS) is 10.2. The first kappa shape index (κ1) is 20.6. The molecule has 0 amide bonds. The van der Waals surface area contributed by atoms with Gasteiger partial charge in [0.25, 0.3) is 0 Å². The van der Waals surface area contributed by atoms with Gasteiger partial charge < -0.3 is 0 Å². The van der Waals surface area contributed by atoms with Crippen molar-refractivity contribution in [2.45, 2.75) is 96.8 Å². The van der Waals surface area contributed by atoms with Gasteiger partial charge in [0.05, 0.1) is 0 Å². The van der Waals surface area contributed by atoms with Crippen LogP contribution < -0.4 is 0 Å². The molecule has 0 bridgehead atoms. The van der Waals surface area contributed by atoms with Crippen molar-refractivity contribution >= 4 is 37.7 Å². The summed E-state index contributed by atoms with van der Waals surface area (Å²) in [5.74, 6) is 0. The Bertz CT molecular complexity index is 98.1. The van der Waals surface area contributed by atoms with Crippen molar-refractivity contribution < 1.29 is 0 Å². The molecule has 0 nitrogen and oxygen atoms in total. The average Bonchev–Trinajstić information content (AvgIpc) is 2.31. The summed E-state index contributed by atoms with van der Waals surface area (Å²) >= 11 is 0. The zero-order valence-electron chi connectivity index (χ0n) is 11.6. The standard InChI is InChI=1S/C16H33.Ca.2H/c1-3-5-7-9-11-13-15-16-14-12-10-8-6-4-2;;;/h1,3-16H2,2H3;;;. The van der Waals surface area contributed by atoms with Gasteiger partial charge in [0, 0.05) is 0 Å². The minimum atomic E-state index is 0. The molecule has 0 aromatic carbocycles. The van der Waals surface area contributed by atoms with Gasteiger partial charge in [-0.15, -0.1) is 0 Å². The molecule has 17 heavy (non-hydrogen) atoms. The van der Waals surface area contributed by atoms with Crippen molar-refractivity contribution in [2.75, 3.05) is 0 Å². The van der Waals surface area contributed by atoms with Crippen molar-refractivity contribution in [1.29, 1.82) is 0 Å². The summed E-state index contributed by atoms with van der Waals surface area (Å²) in [7, 11) is 0. The second-order valence-corrected chi connectivity index (χ2v) is 5.10. The first-order chi connectivity index (χ1) is 7.91. The molecule has 0 saturated carbocycles. The van der Waals surface area contributed by atoms with Crippen LogP contribution in [0, 0.1) is 6.92 Å². The third-order valence-corrected chi connectivity index (χ3v) is 3.35. The van der Waals surface area contributed by atoms with E-state index in [4.69, 9.17) is 0 Å². The molecule has 0 unspecified atom stereocenters. The molecule has 101 valence electrons. The average molecular weight is 268 g/mol. The van der Waals surface area contributed by atoms with Crippen molar-refractivity contribution in [3.05, 3.63) is 6.92 Å². The molecule has 1 radical (unpaired) electrons. The third-order valence-electron chi connectivity index (χ3n) is 3.35. The van der Waals surface area contributed by atoms with Crippen LogP contribution in [0.25, 0.3) is 0 Å². The monoisotopic (exact) mass is 267 g/mol. The molecule has 0 aromatic rings. The molecule has 0 N–H and O–H groups in total. The fourth-order valence-corrected chi connectivity index (χ4v) is 2.19. The summed E-state index contributed by atoms with van der Waals surface area (Å²) in [6, 6.07) is 0. The Labute approximate surface area is 140 Å². The van der Waals surface area contributed by atoms with Crippen LogP contribution in [0.1, 0.15) is 96.8 Å². The van der Waals surface area contributed by atoms with E-state index < -0.39 is 0 Å². The Morgan fingerprint density at radius 2 is 0.824 bits per heavy atom. The van der Waals surface area contributed by atoms with E-state index in [9.17, 15) is 0 Å². The Morgan fingerprint density at radius 3 is 1.12 bits per heavy atom. The topological polar surface area (TPSA) is 0 Å². The van der Waals surface area contributed by atoms with Crippen LogP contribution in [0.3, 0.4) is 0 Å². The fraction of sp³-hybridized carbons (Fsp3) is 0.938. The van der Waals surface area contributed by atoms with Crippen LogP contribution in [0.15, 0.2) is 0 Å². The molecule has 0 aliphatic carbocycles. The molecule has 0 fully saturated rings. The summed E-state index contributed by atoms with van der Waals surface area (Å²) in [6.45, 7) is 6.16. The van der Waals surface area contributed by atoms with E-state index in [1.54, 1.807) is 0 Å². The van der Waals surface area contributed by atoms with E-state index in [1.165, 1.54) is 83.5 Å². The van der Waals surface area contributed by atoms with Gasteiger partial charge in [-0.05, 0) is 0 Å². The molecule has 0 atom stereocenters. The van der Waals surface area contributed by atoms with Gasteiger partial charge in [-0.25, -0.2) is 0 Å². The summed E-state index contributed by atoms with van der Waals surface area (Å²) in [5.41, 5.74) is 0. The predicted molar refractivity (Wildman–Crippen MR) is 84.2 cm³/mol. The van der Waals surface area contributed by atoms with E-state index in [-0.39, 0.29) is 37.7 Å². The SMILES string of the molecule is [CH2]CCCCCCCCCCCCCCC.[CaH2]. The molecule has 0 aliphatic heterocycles. The van der Waals surface area contributed by atoms with E-state index in [0.29, 0.717) is 0 Å². The summed E-state index contributed by atoms with van der Waals surface area (Å²) < 4.78 is 0. The van der Waals surface area contributed by atoms with Crippen LogP contribution in [-0.4, -0.2) is 37.7 Å². The number of unbranched alkanes of at least 4 members (excludes halogenated alkanes) is 13. The van der Waals surface area contributed by atoms with E-state index in [1.807, 2.05) is 0 Å².